The standard InChI is InChI=1S/C31H32N4O4/c1-39-31(38)22-8-7-11-25(18-22)35(28(36)19-23-20-33-27-13-6-5-12-26(23)27)29(21-14-16-32-17-15-21)30(37)34-24-9-3-2-4-10-24/h5-8,11-18,20,24,29,33H,2-4,9-10,19H2,1H3,(H,34,37). The Bertz CT molecular complexity index is 1460. The number of esters is 1. The van der Waals surface area contributed by atoms with Crippen molar-refractivity contribution in [2.45, 2.75) is 50.6 Å². The fraction of sp³-hybridized carbons (Fsp3) is 0.290. The molecule has 2 heterocycles. The molecule has 39 heavy (non-hydrogen) atoms. The molecule has 4 aromatic rings. The predicted molar refractivity (Wildman–Crippen MR) is 149 cm³/mol. The Labute approximate surface area is 227 Å². The molecule has 0 bridgehead atoms. The third-order valence-corrected chi connectivity index (χ3v) is 7.31. The lowest BCUT2D eigenvalue weighted by molar-refractivity contribution is -0.127. The van der Waals surface area contributed by atoms with Crippen LogP contribution in [0.15, 0.2) is 79.3 Å². The number of amides is 2. The average Bonchev–Trinajstić information content (AvgIpc) is 3.38. The maximum atomic E-state index is 14.2. The number of hydrogen-bond acceptors (Lipinski definition) is 5. The Morgan fingerprint density at radius 3 is 2.56 bits per heavy atom. The summed E-state index contributed by atoms with van der Waals surface area (Å²) >= 11 is 0. The Morgan fingerprint density at radius 2 is 1.79 bits per heavy atom. The third-order valence-electron chi connectivity index (χ3n) is 7.31. The van der Waals surface area contributed by atoms with E-state index in [9.17, 15) is 14.4 Å². The lowest BCUT2D eigenvalue weighted by Crippen LogP contribution is -2.47. The summed E-state index contributed by atoms with van der Waals surface area (Å²) in [7, 11) is 1.31. The van der Waals surface area contributed by atoms with Crippen molar-refractivity contribution >= 4 is 34.4 Å². The zero-order chi connectivity index (χ0) is 27.2. The molecular weight excluding hydrogens is 492 g/mol. The number of rotatable bonds is 8. The number of nitrogens with one attached hydrogen (secondary N) is 2. The molecule has 1 fully saturated rings. The highest BCUT2D eigenvalue weighted by Gasteiger charge is 2.34. The molecule has 2 aromatic carbocycles. The van der Waals surface area contributed by atoms with Crippen molar-refractivity contribution in [3.8, 4) is 0 Å². The number of carbonyl (C=O) groups excluding carboxylic acids is 3. The number of hydrogen-bond donors (Lipinski definition) is 2. The molecule has 0 saturated heterocycles. The van der Waals surface area contributed by atoms with Gasteiger partial charge in [0.05, 0.1) is 19.1 Å². The van der Waals surface area contributed by atoms with Crippen LogP contribution in [0.4, 0.5) is 5.69 Å². The van der Waals surface area contributed by atoms with Crippen LogP contribution >= 0.6 is 0 Å². The van der Waals surface area contributed by atoms with Gasteiger partial charge < -0.3 is 15.0 Å². The second kappa shape index (κ2) is 11.9. The highest BCUT2D eigenvalue weighted by molar-refractivity contribution is 6.04. The van der Waals surface area contributed by atoms with E-state index in [0.717, 1.165) is 48.6 Å². The second-order valence-corrected chi connectivity index (χ2v) is 9.87. The maximum Gasteiger partial charge on any atom is 0.337 e. The fourth-order valence-corrected chi connectivity index (χ4v) is 5.35. The van der Waals surface area contributed by atoms with Gasteiger partial charge in [0.2, 0.25) is 11.8 Å². The minimum absolute atomic E-state index is 0.0579. The molecule has 1 saturated carbocycles. The number of benzene rings is 2. The van der Waals surface area contributed by atoms with Gasteiger partial charge >= 0.3 is 5.97 Å². The van der Waals surface area contributed by atoms with Crippen LogP contribution in [0.1, 0.15) is 59.6 Å². The summed E-state index contributed by atoms with van der Waals surface area (Å²) in [6.45, 7) is 0. The van der Waals surface area contributed by atoms with E-state index in [1.165, 1.54) is 12.0 Å². The predicted octanol–water partition coefficient (Wildman–Crippen LogP) is 5.12. The molecule has 0 radical (unpaired) electrons. The van der Waals surface area contributed by atoms with Gasteiger partial charge in [-0.05, 0) is 60.4 Å². The first kappa shape index (κ1) is 26.2. The first-order valence-corrected chi connectivity index (χ1v) is 13.3. The third kappa shape index (κ3) is 5.85. The van der Waals surface area contributed by atoms with Gasteiger partial charge in [-0.1, -0.05) is 43.5 Å². The van der Waals surface area contributed by atoms with Crippen LogP contribution in [0.25, 0.3) is 10.9 Å². The Balaban J connectivity index is 1.58. The summed E-state index contributed by atoms with van der Waals surface area (Å²) in [6.07, 6.45) is 10.2. The highest BCUT2D eigenvalue weighted by atomic mass is 16.5. The molecule has 1 aliphatic carbocycles. The van der Waals surface area contributed by atoms with Crippen molar-refractivity contribution in [2.24, 2.45) is 0 Å². The summed E-state index contributed by atoms with van der Waals surface area (Å²) in [6, 6.07) is 17.0. The number of aromatic nitrogens is 2. The molecule has 0 aliphatic heterocycles. The molecule has 8 nitrogen and oxygen atoms in total. The van der Waals surface area contributed by atoms with Crippen molar-refractivity contribution in [3.05, 3.63) is 95.9 Å². The molecule has 1 unspecified atom stereocenters. The van der Waals surface area contributed by atoms with E-state index in [-0.39, 0.29) is 24.3 Å². The van der Waals surface area contributed by atoms with Gasteiger partial charge in [-0.15, -0.1) is 0 Å². The van der Waals surface area contributed by atoms with E-state index in [4.69, 9.17) is 4.74 Å². The lowest BCUT2D eigenvalue weighted by atomic mass is 9.94. The molecule has 2 N–H and O–H groups in total. The number of ether oxygens (including phenoxy) is 1. The van der Waals surface area contributed by atoms with Gasteiger partial charge in [0.15, 0.2) is 0 Å². The molecular formula is C31H32N4O4. The van der Waals surface area contributed by atoms with Crippen molar-refractivity contribution in [3.63, 3.8) is 0 Å². The monoisotopic (exact) mass is 524 g/mol. The lowest BCUT2D eigenvalue weighted by Gasteiger charge is -2.33. The number of fused-ring (bicyclic) bond motifs is 1. The number of para-hydroxylation sites is 1. The number of methoxy groups -OCH3 is 1. The molecule has 2 amide bonds. The number of anilines is 1. The van der Waals surface area contributed by atoms with Gasteiger partial charge in [-0.2, -0.15) is 0 Å². The van der Waals surface area contributed by atoms with Gasteiger partial charge in [-0.25, -0.2) is 4.79 Å². The van der Waals surface area contributed by atoms with Crippen LogP contribution in [0, 0.1) is 0 Å². The smallest absolute Gasteiger partial charge is 0.337 e. The Hall–Kier alpha value is -4.46. The highest BCUT2D eigenvalue weighted by Crippen LogP contribution is 2.31. The van der Waals surface area contributed by atoms with E-state index in [1.807, 2.05) is 30.5 Å². The Kier molecular flexibility index (Phi) is 8.01. The first-order chi connectivity index (χ1) is 19.0. The van der Waals surface area contributed by atoms with E-state index in [0.29, 0.717) is 16.8 Å². The number of nitrogens with zero attached hydrogens (tertiary/aromatic N) is 2. The number of H-pyrrole nitrogens is 1. The topological polar surface area (TPSA) is 104 Å². The van der Waals surface area contributed by atoms with Crippen LogP contribution in [0.2, 0.25) is 0 Å². The van der Waals surface area contributed by atoms with Crippen molar-refractivity contribution < 1.29 is 19.1 Å². The Morgan fingerprint density at radius 1 is 1.03 bits per heavy atom. The second-order valence-electron chi connectivity index (χ2n) is 9.87. The largest absolute Gasteiger partial charge is 0.465 e. The summed E-state index contributed by atoms with van der Waals surface area (Å²) in [5.74, 6) is -1.06. The fourth-order valence-electron chi connectivity index (χ4n) is 5.35. The molecule has 8 heteroatoms. The zero-order valence-electron chi connectivity index (χ0n) is 21.9. The van der Waals surface area contributed by atoms with Gasteiger partial charge in [-0.3, -0.25) is 19.5 Å². The minimum atomic E-state index is -0.958. The molecule has 200 valence electrons. The SMILES string of the molecule is COC(=O)c1cccc(N(C(=O)Cc2c[nH]c3ccccc23)C(C(=O)NC2CCCCC2)c2ccncc2)c1. The average molecular weight is 525 g/mol. The zero-order valence-corrected chi connectivity index (χ0v) is 21.9. The van der Waals surface area contributed by atoms with E-state index in [1.54, 1.807) is 48.8 Å². The van der Waals surface area contributed by atoms with Crippen molar-refractivity contribution in [2.75, 3.05) is 12.0 Å². The molecule has 5 rings (SSSR count). The normalized spacial score (nSPS) is 14.5. The summed E-state index contributed by atoms with van der Waals surface area (Å²) < 4.78 is 4.92. The number of pyridine rings is 1. The summed E-state index contributed by atoms with van der Waals surface area (Å²) in [5.41, 5.74) is 3.12. The van der Waals surface area contributed by atoms with E-state index in [2.05, 4.69) is 15.3 Å². The van der Waals surface area contributed by atoms with E-state index < -0.39 is 12.0 Å². The van der Waals surface area contributed by atoms with Crippen molar-refractivity contribution in [1.82, 2.24) is 15.3 Å². The molecule has 0 spiro atoms. The summed E-state index contributed by atoms with van der Waals surface area (Å²) in [5, 5.41) is 4.15. The van der Waals surface area contributed by atoms with Crippen LogP contribution in [0.3, 0.4) is 0 Å². The van der Waals surface area contributed by atoms with Gasteiger partial charge in [0.25, 0.3) is 0 Å². The maximum absolute atomic E-state index is 14.2. The van der Waals surface area contributed by atoms with Crippen LogP contribution in [-0.4, -0.2) is 40.9 Å². The first-order valence-electron chi connectivity index (χ1n) is 13.3. The van der Waals surface area contributed by atoms with E-state index >= 15 is 0 Å². The van der Waals surface area contributed by atoms with Gasteiger partial charge in [0, 0.05) is 41.2 Å². The summed E-state index contributed by atoms with van der Waals surface area (Å²) in [4.78, 5) is 49.4. The van der Waals surface area contributed by atoms with Crippen molar-refractivity contribution in [1.29, 1.82) is 0 Å². The van der Waals surface area contributed by atoms with Crippen LogP contribution in [0.5, 0.6) is 0 Å². The van der Waals surface area contributed by atoms with Crippen LogP contribution in [-0.2, 0) is 20.7 Å². The molecule has 1 atom stereocenters. The van der Waals surface area contributed by atoms with Gasteiger partial charge in [0.1, 0.15) is 6.04 Å². The minimum Gasteiger partial charge on any atom is -0.465 e. The quantitative estimate of drug-likeness (QED) is 0.312. The number of carbonyl (C=O) groups is 3. The number of aromatic amines is 1. The van der Waals surface area contributed by atoms with Crippen LogP contribution < -0.4 is 10.2 Å². The molecule has 1 aliphatic rings. The molecule has 2 aromatic heterocycles.